The van der Waals surface area contributed by atoms with Crippen molar-refractivity contribution in [3.8, 4) is 6.07 Å². The van der Waals surface area contributed by atoms with E-state index in [1.165, 1.54) is 49.9 Å². The standard InChI is InChI=1S/C22H27N3/c23-15-21-6-5-7-22(14-21)17-24-16-19-8-10-20(11-9-19)18-25-12-3-1-2-4-13-25/h5-11,14,24H,1-4,12-13,16-18H2. The predicted octanol–water partition coefficient (Wildman–Crippen LogP) is 4.22. The lowest BCUT2D eigenvalue weighted by atomic mass is 10.1. The fourth-order valence-electron chi connectivity index (χ4n) is 3.42. The highest BCUT2D eigenvalue weighted by molar-refractivity contribution is 5.32. The summed E-state index contributed by atoms with van der Waals surface area (Å²) < 4.78 is 0. The Kier molecular flexibility index (Phi) is 6.62. The average Bonchev–Trinajstić information content (AvgIpc) is 2.92. The van der Waals surface area contributed by atoms with Crippen molar-refractivity contribution in [3.05, 3.63) is 70.8 Å². The average molecular weight is 333 g/mol. The molecule has 0 bridgehead atoms. The first-order valence-electron chi connectivity index (χ1n) is 9.33. The Morgan fingerprint density at radius 1 is 0.840 bits per heavy atom. The van der Waals surface area contributed by atoms with Gasteiger partial charge in [0.25, 0.3) is 0 Å². The summed E-state index contributed by atoms with van der Waals surface area (Å²) in [7, 11) is 0. The van der Waals surface area contributed by atoms with Crippen molar-refractivity contribution in [1.29, 1.82) is 5.26 Å². The van der Waals surface area contributed by atoms with Gasteiger partial charge in [-0.1, -0.05) is 49.2 Å². The van der Waals surface area contributed by atoms with Crippen molar-refractivity contribution < 1.29 is 0 Å². The van der Waals surface area contributed by atoms with E-state index < -0.39 is 0 Å². The van der Waals surface area contributed by atoms with E-state index in [4.69, 9.17) is 5.26 Å². The largest absolute Gasteiger partial charge is 0.309 e. The van der Waals surface area contributed by atoms with Crippen LogP contribution in [0.3, 0.4) is 0 Å². The Morgan fingerprint density at radius 3 is 2.24 bits per heavy atom. The molecule has 3 rings (SSSR count). The normalized spacial score (nSPS) is 15.5. The summed E-state index contributed by atoms with van der Waals surface area (Å²) in [6, 6.07) is 18.9. The highest BCUT2D eigenvalue weighted by atomic mass is 15.1. The lowest BCUT2D eigenvalue weighted by Gasteiger charge is -2.19. The maximum Gasteiger partial charge on any atom is 0.0991 e. The Morgan fingerprint density at radius 2 is 1.52 bits per heavy atom. The molecule has 0 aliphatic carbocycles. The summed E-state index contributed by atoms with van der Waals surface area (Å²) in [4.78, 5) is 2.59. The molecule has 0 aromatic heterocycles. The lowest BCUT2D eigenvalue weighted by Crippen LogP contribution is -2.23. The van der Waals surface area contributed by atoms with E-state index in [-0.39, 0.29) is 0 Å². The van der Waals surface area contributed by atoms with E-state index in [9.17, 15) is 0 Å². The van der Waals surface area contributed by atoms with Gasteiger partial charge >= 0.3 is 0 Å². The Labute approximate surface area is 151 Å². The van der Waals surface area contributed by atoms with Crippen LogP contribution in [-0.4, -0.2) is 18.0 Å². The highest BCUT2D eigenvalue weighted by Crippen LogP contribution is 2.14. The van der Waals surface area contributed by atoms with Gasteiger partial charge in [-0.2, -0.15) is 5.26 Å². The smallest absolute Gasteiger partial charge is 0.0991 e. The molecule has 0 spiro atoms. The number of rotatable bonds is 6. The number of nitrogens with one attached hydrogen (secondary N) is 1. The van der Waals surface area contributed by atoms with Crippen molar-refractivity contribution in [2.45, 2.75) is 45.3 Å². The minimum atomic E-state index is 0.720. The number of likely N-dealkylation sites (tertiary alicyclic amines) is 1. The van der Waals surface area contributed by atoms with Gasteiger partial charge in [0.15, 0.2) is 0 Å². The van der Waals surface area contributed by atoms with Gasteiger partial charge < -0.3 is 5.32 Å². The van der Waals surface area contributed by atoms with Crippen molar-refractivity contribution in [1.82, 2.24) is 10.2 Å². The highest BCUT2D eigenvalue weighted by Gasteiger charge is 2.09. The molecule has 0 atom stereocenters. The molecule has 0 radical (unpaired) electrons. The molecule has 3 nitrogen and oxygen atoms in total. The van der Waals surface area contributed by atoms with Crippen LogP contribution in [0.15, 0.2) is 48.5 Å². The molecular formula is C22H27N3. The van der Waals surface area contributed by atoms with Crippen LogP contribution in [-0.2, 0) is 19.6 Å². The van der Waals surface area contributed by atoms with Crippen LogP contribution in [0.5, 0.6) is 0 Å². The van der Waals surface area contributed by atoms with Gasteiger partial charge in [0.1, 0.15) is 0 Å². The molecule has 1 fully saturated rings. The first kappa shape index (κ1) is 17.7. The van der Waals surface area contributed by atoms with E-state index in [1.54, 1.807) is 0 Å². The van der Waals surface area contributed by atoms with Crippen molar-refractivity contribution in [2.24, 2.45) is 0 Å². The van der Waals surface area contributed by atoms with E-state index >= 15 is 0 Å². The predicted molar refractivity (Wildman–Crippen MR) is 102 cm³/mol. The van der Waals surface area contributed by atoms with Crippen LogP contribution in [0.4, 0.5) is 0 Å². The topological polar surface area (TPSA) is 39.1 Å². The molecule has 2 aromatic carbocycles. The summed E-state index contributed by atoms with van der Waals surface area (Å²) in [5, 5.41) is 12.4. The van der Waals surface area contributed by atoms with E-state index in [1.807, 2.05) is 18.2 Å². The third kappa shape index (κ3) is 5.70. The quantitative estimate of drug-likeness (QED) is 0.860. The second-order valence-corrected chi connectivity index (χ2v) is 6.92. The Bertz CT molecular complexity index is 692. The van der Waals surface area contributed by atoms with Gasteiger partial charge in [0.05, 0.1) is 11.6 Å². The summed E-state index contributed by atoms with van der Waals surface area (Å²) in [5.41, 5.74) is 4.58. The Balaban J connectivity index is 1.46. The van der Waals surface area contributed by atoms with Gasteiger partial charge in [-0.25, -0.2) is 0 Å². The first-order valence-corrected chi connectivity index (χ1v) is 9.33. The zero-order chi connectivity index (χ0) is 17.3. The molecule has 1 aliphatic rings. The van der Waals surface area contributed by atoms with E-state index in [2.05, 4.69) is 46.6 Å². The van der Waals surface area contributed by atoms with Crippen LogP contribution < -0.4 is 5.32 Å². The summed E-state index contributed by atoms with van der Waals surface area (Å²) in [6.07, 6.45) is 5.46. The van der Waals surface area contributed by atoms with Crippen molar-refractivity contribution >= 4 is 0 Å². The maximum atomic E-state index is 8.95. The van der Waals surface area contributed by atoms with E-state index in [0.29, 0.717) is 0 Å². The number of nitriles is 1. The first-order chi connectivity index (χ1) is 12.3. The second-order valence-electron chi connectivity index (χ2n) is 6.92. The fraction of sp³-hybridized carbons (Fsp3) is 0.409. The maximum absolute atomic E-state index is 8.95. The third-order valence-corrected chi connectivity index (χ3v) is 4.84. The third-order valence-electron chi connectivity index (χ3n) is 4.84. The molecule has 0 saturated carbocycles. The van der Waals surface area contributed by atoms with E-state index in [0.717, 1.165) is 30.8 Å². The SMILES string of the molecule is N#Cc1cccc(CNCc2ccc(CN3CCCCCC3)cc2)c1. The molecule has 2 aromatic rings. The number of hydrogen-bond acceptors (Lipinski definition) is 3. The molecule has 0 unspecified atom stereocenters. The second kappa shape index (κ2) is 9.36. The fourth-order valence-corrected chi connectivity index (χ4v) is 3.42. The van der Waals surface area contributed by atoms with Gasteiger partial charge in [0, 0.05) is 19.6 Å². The molecule has 3 heteroatoms. The molecule has 1 aliphatic heterocycles. The molecule has 130 valence electrons. The van der Waals surface area contributed by atoms with Crippen LogP contribution in [0, 0.1) is 11.3 Å². The zero-order valence-corrected chi connectivity index (χ0v) is 14.9. The molecule has 1 N–H and O–H groups in total. The van der Waals surface area contributed by atoms with Gasteiger partial charge in [-0.05, 0) is 54.8 Å². The van der Waals surface area contributed by atoms with Crippen LogP contribution >= 0.6 is 0 Å². The monoisotopic (exact) mass is 333 g/mol. The zero-order valence-electron chi connectivity index (χ0n) is 14.9. The van der Waals surface area contributed by atoms with Gasteiger partial charge in [-0.3, -0.25) is 4.90 Å². The number of nitrogens with zero attached hydrogens (tertiary/aromatic N) is 2. The Hall–Kier alpha value is -2.15. The minimum absolute atomic E-state index is 0.720. The number of hydrogen-bond donors (Lipinski definition) is 1. The summed E-state index contributed by atoms with van der Waals surface area (Å²) >= 11 is 0. The summed E-state index contributed by atoms with van der Waals surface area (Å²) in [5.74, 6) is 0. The van der Waals surface area contributed by atoms with Crippen LogP contribution in [0.1, 0.15) is 47.9 Å². The molecule has 25 heavy (non-hydrogen) atoms. The van der Waals surface area contributed by atoms with Crippen molar-refractivity contribution in [3.63, 3.8) is 0 Å². The lowest BCUT2D eigenvalue weighted by molar-refractivity contribution is 0.277. The summed E-state index contributed by atoms with van der Waals surface area (Å²) in [6.45, 7) is 5.19. The molecular weight excluding hydrogens is 306 g/mol. The van der Waals surface area contributed by atoms with Gasteiger partial charge in [-0.15, -0.1) is 0 Å². The molecule has 1 saturated heterocycles. The van der Waals surface area contributed by atoms with Gasteiger partial charge in [0.2, 0.25) is 0 Å². The van der Waals surface area contributed by atoms with Crippen LogP contribution in [0.2, 0.25) is 0 Å². The van der Waals surface area contributed by atoms with Crippen molar-refractivity contribution in [2.75, 3.05) is 13.1 Å². The molecule has 1 heterocycles. The minimum Gasteiger partial charge on any atom is -0.309 e. The molecule has 0 amide bonds. The number of benzene rings is 2. The van der Waals surface area contributed by atoms with Crippen LogP contribution in [0.25, 0.3) is 0 Å².